The van der Waals surface area contributed by atoms with Gasteiger partial charge in [0.2, 0.25) is 0 Å². The second-order valence-corrected chi connectivity index (χ2v) is 1.37. The van der Waals surface area contributed by atoms with Gasteiger partial charge in [-0.15, -0.1) is 5.76 Å². The first-order valence-corrected chi connectivity index (χ1v) is 1.99. The summed E-state index contributed by atoms with van der Waals surface area (Å²) < 4.78 is 0. The molecule has 9 heavy (non-hydrogen) atoms. The molecule has 0 aromatic heterocycles. The Kier molecular flexibility index (Phi) is 15.9. The van der Waals surface area contributed by atoms with Gasteiger partial charge in [-0.1, -0.05) is 6.92 Å². The molecule has 4 heteroatoms. The number of ketones is 1. The summed E-state index contributed by atoms with van der Waals surface area (Å²) in [6.07, 6.45) is 1.06. The van der Waals surface area contributed by atoms with Crippen molar-refractivity contribution < 1.29 is 15.4 Å². The SMILES string of the molecule is CC(=O)C=C(C)[O-].O.[Ba+2]. The average molecular weight is 254 g/mol. The molecule has 0 aliphatic heterocycles. The first kappa shape index (κ1) is 16.4. The molecule has 0 saturated heterocycles. The Labute approximate surface area is 94.5 Å². The predicted molar refractivity (Wildman–Crippen MR) is 33.8 cm³/mol. The third kappa shape index (κ3) is 17.7. The van der Waals surface area contributed by atoms with Gasteiger partial charge in [-0.05, 0) is 13.0 Å². The zero-order valence-electron chi connectivity index (χ0n) is 5.60. The normalized spacial score (nSPS) is 8.89. The molecule has 0 heterocycles. The molecule has 0 bridgehead atoms. The summed E-state index contributed by atoms with van der Waals surface area (Å²) in [5.74, 6) is -0.375. The van der Waals surface area contributed by atoms with Gasteiger partial charge in [-0.3, -0.25) is 4.79 Å². The van der Waals surface area contributed by atoms with Gasteiger partial charge < -0.3 is 10.6 Å². The number of rotatable bonds is 1. The molecule has 0 aromatic rings. The monoisotopic (exact) mass is 255 g/mol. The Morgan fingerprint density at radius 3 is 1.78 bits per heavy atom. The quantitative estimate of drug-likeness (QED) is 0.329. The molecule has 3 nitrogen and oxygen atoms in total. The van der Waals surface area contributed by atoms with Gasteiger partial charge >= 0.3 is 48.9 Å². The fraction of sp³-hybridized carbons (Fsp3) is 0.400. The van der Waals surface area contributed by atoms with Crippen molar-refractivity contribution >= 4 is 54.7 Å². The molecule has 2 N–H and O–H groups in total. The van der Waals surface area contributed by atoms with Crippen molar-refractivity contribution in [2.75, 3.05) is 0 Å². The van der Waals surface area contributed by atoms with Crippen LogP contribution in [0.5, 0.6) is 0 Å². The van der Waals surface area contributed by atoms with Crippen molar-refractivity contribution in [3.05, 3.63) is 11.8 Å². The van der Waals surface area contributed by atoms with Crippen LogP contribution in [-0.2, 0) is 4.79 Å². The maximum absolute atomic E-state index is 9.98. The first-order valence-electron chi connectivity index (χ1n) is 1.99. The number of hydrogen-bond acceptors (Lipinski definition) is 2. The molecule has 0 aliphatic rings. The molecule has 0 radical (unpaired) electrons. The second-order valence-electron chi connectivity index (χ2n) is 1.37. The minimum Gasteiger partial charge on any atom is -0.876 e. The van der Waals surface area contributed by atoms with Crippen LogP contribution >= 0.6 is 0 Å². The van der Waals surface area contributed by atoms with Crippen LogP contribution in [0.2, 0.25) is 0 Å². The molecule has 0 rings (SSSR count). The minimum absolute atomic E-state index is 0. The summed E-state index contributed by atoms with van der Waals surface area (Å²) >= 11 is 0. The number of carbonyl (C=O) groups excluding carboxylic acids is 1. The zero-order chi connectivity index (χ0) is 5.86. The topological polar surface area (TPSA) is 71.6 Å². The van der Waals surface area contributed by atoms with E-state index in [9.17, 15) is 9.90 Å². The average Bonchev–Trinajstić information content (AvgIpc) is 1.27. The van der Waals surface area contributed by atoms with Gasteiger partial charge in [0.05, 0.1) is 0 Å². The van der Waals surface area contributed by atoms with Crippen LogP contribution in [0.3, 0.4) is 0 Å². The number of hydrogen-bond donors (Lipinski definition) is 0. The fourth-order valence-electron chi connectivity index (χ4n) is 0.286. The van der Waals surface area contributed by atoms with Crippen molar-refractivity contribution in [1.82, 2.24) is 0 Å². The second kappa shape index (κ2) is 8.74. The van der Waals surface area contributed by atoms with E-state index >= 15 is 0 Å². The third-order valence-electron chi connectivity index (χ3n) is 0.407. The summed E-state index contributed by atoms with van der Waals surface area (Å²) in [4.78, 5) is 9.98. The van der Waals surface area contributed by atoms with E-state index in [-0.39, 0.29) is 65.9 Å². The van der Waals surface area contributed by atoms with E-state index in [0.717, 1.165) is 6.08 Å². The maximum atomic E-state index is 9.98. The molecule has 0 aliphatic carbocycles. The molecule has 0 amide bonds. The van der Waals surface area contributed by atoms with Crippen molar-refractivity contribution in [2.45, 2.75) is 13.8 Å². The van der Waals surface area contributed by atoms with Crippen molar-refractivity contribution in [1.29, 1.82) is 0 Å². The van der Waals surface area contributed by atoms with Crippen LogP contribution in [0.15, 0.2) is 11.8 Å². The van der Waals surface area contributed by atoms with Gasteiger partial charge in [0, 0.05) is 0 Å². The largest absolute Gasteiger partial charge is 2.00 e. The first-order chi connectivity index (χ1) is 3.13. The van der Waals surface area contributed by atoms with E-state index in [0.29, 0.717) is 0 Å². The van der Waals surface area contributed by atoms with Crippen molar-refractivity contribution in [3.63, 3.8) is 0 Å². The fourth-order valence-corrected chi connectivity index (χ4v) is 0.286. The molecule has 0 fully saturated rings. The zero-order valence-corrected chi connectivity index (χ0v) is 10.0. The van der Waals surface area contributed by atoms with Crippen molar-refractivity contribution in [3.8, 4) is 0 Å². The standard InChI is InChI=1S/C5H8O2.Ba.H2O/c1-4(6)3-5(2)7;;/h3,6H,1-2H3;;1H2/q;+2;/p-1. The predicted octanol–water partition coefficient (Wildman–Crippen LogP) is -1.37. The molecular formula is C5H9BaO3+. The molecule has 0 atom stereocenters. The molecule has 0 aromatic carbocycles. The van der Waals surface area contributed by atoms with Gasteiger partial charge in [0.1, 0.15) is 0 Å². The van der Waals surface area contributed by atoms with E-state index in [4.69, 9.17) is 0 Å². The van der Waals surface area contributed by atoms with E-state index in [2.05, 4.69) is 0 Å². The molecule has 0 spiro atoms. The molecular weight excluding hydrogens is 245 g/mol. The maximum Gasteiger partial charge on any atom is 2.00 e. The van der Waals surface area contributed by atoms with Crippen LogP contribution in [-0.4, -0.2) is 60.1 Å². The number of carbonyl (C=O) groups is 1. The summed E-state index contributed by atoms with van der Waals surface area (Å²) in [7, 11) is 0. The Morgan fingerprint density at radius 1 is 1.44 bits per heavy atom. The van der Waals surface area contributed by atoms with Crippen LogP contribution in [0.25, 0.3) is 0 Å². The Bertz CT molecular complexity index is 105. The smallest absolute Gasteiger partial charge is 0.876 e. The van der Waals surface area contributed by atoms with Gasteiger partial charge in [-0.25, -0.2) is 0 Å². The third-order valence-corrected chi connectivity index (χ3v) is 0.407. The van der Waals surface area contributed by atoms with Crippen LogP contribution in [0.1, 0.15) is 13.8 Å². The Morgan fingerprint density at radius 2 is 1.78 bits per heavy atom. The van der Waals surface area contributed by atoms with Crippen LogP contribution in [0.4, 0.5) is 0 Å². The van der Waals surface area contributed by atoms with E-state index in [1.165, 1.54) is 13.8 Å². The Balaban J connectivity index is -0.000000180. The van der Waals surface area contributed by atoms with E-state index in [1.807, 2.05) is 0 Å². The summed E-state index contributed by atoms with van der Waals surface area (Å²) in [5, 5.41) is 9.98. The van der Waals surface area contributed by atoms with Gasteiger partial charge in [0.25, 0.3) is 0 Å². The van der Waals surface area contributed by atoms with Crippen molar-refractivity contribution in [2.24, 2.45) is 0 Å². The van der Waals surface area contributed by atoms with Gasteiger partial charge in [0.15, 0.2) is 5.78 Å². The van der Waals surface area contributed by atoms with Crippen LogP contribution < -0.4 is 5.11 Å². The van der Waals surface area contributed by atoms with E-state index < -0.39 is 0 Å². The number of allylic oxidation sites excluding steroid dienone is 2. The minimum atomic E-state index is -0.187. The van der Waals surface area contributed by atoms with Gasteiger partial charge in [-0.2, -0.15) is 0 Å². The summed E-state index contributed by atoms with van der Waals surface area (Å²) in [6, 6.07) is 0. The molecule has 0 saturated carbocycles. The Hall–Kier alpha value is 0.741. The summed E-state index contributed by atoms with van der Waals surface area (Å²) in [6.45, 7) is 2.70. The summed E-state index contributed by atoms with van der Waals surface area (Å²) in [5.41, 5.74) is 0. The van der Waals surface area contributed by atoms with E-state index in [1.54, 1.807) is 0 Å². The van der Waals surface area contributed by atoms with Crippen LogP contribution in [0, 0.1) is 0 Å². The molecule has 48 valence electrons. The molecule has 0 unspecified atom stereocenters.